The van der Waals surface area contributed by atoms with Gasteiger partial charge in [0, 0.05) is 5.54 Å². The summed E-state index contributed by atoms with van der Waals surface area (Å²) in [7, 11) is 0. The van der Waals surface area contributed by atoms with E-state index in [4.69, 9.17) is 26.1 Å². The summed E-state index contributed by atoms with van der Waals surface area (Å²) < 4.78 is 15.7. The molecular weight excluding hydrogens is 688 g/mol. The normalized spacial score (nSPS) is 14.8. The fraction of sp³-hybridized carbons (Fsp3) is 0.857. The highest BCUT2D eigenvalue weighted by atomic mass is 32.9. The fourth-order valence-electron chi connectivity index (χ4n) is 6.70. The summed E-state index contributed by atoms with van der Waals surface area (Å²) in [6.45, 7) is 20.6. The second-order valence-corrected chi connectivity index (χ2v) is 22.0. The van der Waals surface area contributed by atoms with Gasteiger partial charge in [-0.3, -0.25) is 4.90 Å². The Kier molecular flexibility index (Phi) is 24.8. The van der Waals surface area contributed by atoms with E-state index in [1.165, 1.54) is 115 Å². The number of aromatic nitrogens is 3. The quantitative estimate of drug-likeness (QED) is 0.0407. The molecule has 1 aromatic heterocycles. The number of nitrogens with zero attached hydrogens (tertiary/aromatic N) is 4. The van der Waals surface area contributed by atoms with Crippen molar-refractivity contribution in [3.63, 3.8) is 0 Å². The van der Waals surface area contributed by atoms with Crippen LogP contribution in [-0.2, 0) is 33.9 Å². The second-order valence-electron chi connectivity index (χ2n) is 15.7. The molecule has 0 radical (unpaired) electrons. The van der Waals surface area contributed by atoms with Crippen LogP contribution in [0, 0.1) is 11.8 Å². The summed E-state index contributed by atoms with van der Waals surface area (Å²) in [6.07, 6.45) is 26.1. The topological polar surface area (TPSA) is 52.4 Å². The molecule has 1 aromatic carbocycles. The van der Waals surface area contributed by atoms with Crippen LogP contribution in [0.4, 0.5) is 0 Å². The zero-order valence-electron chi connectivity index (χ0n) is 34.4. The van der Waals surface area contributed by atoms with Gasteiger partial charge in [0.25, 0.3) is 0 Å². The first kappa shape index (κ1) is 46.7. The summed E-state index contributed by atoms with van der Waals surface area (Å²) in [5.41, 5.74) is 0.804. The van der Waals surface area contributed by atoms with Crippen LogP contribution in [0.25, 0.3) is 11.0 Å². The summed E-state index contributed by atoms with van der Waals surface area (Å²) >= 11 is 8.20. The lowest BCUT2D eigenvalue weighted by molar-refractivity contribution is 0.0930. The Morgan fingerprint density at radius 3 is 1.94 bits per heavy atom. The molecule has 1 heterocycles. The highest BCUT2D eigenvalue weighted by Crippen LogP contribution is 2.62. The third kappa shape index (κ3) is 18.6. The lowest BCUT2D eigenvalue weighted by atomic mass is 9.94. The van der Waals surface area contributed by atoms with Crippen LogP contribution in [0.2, 0.25) is 0 Å². The standard InChI is InChI=1S/C42H79N4O2PS2/c1-9-15-19-20-21-22-23-25-31-42(7,8)45(35-46-41-32-39(27-18-12-4)29-30-40(41)43-44-46)36-51-49(50,47-33-37(13-5)26-17-11-3)48-34-38(14-6)28-24-16-10-2/h29-30,32,37-38H,9-28,31,33-36H2,1-8H3. The summed E-state index contributed by atoms with van der Waals surface area (Å²) in [5.74, 6) is 1.81. The Balaban J connectivity index is 2.30. The van der Waals surface area contributed by atoms with Crippen molar-refractivity contribution >= 4 is 39.9 Å². The summed E-state index contributed by atoms with van der Waals surface area (Å²) in [5, 5.41) is 9.29. The molecule has 2 aromatic rings. The summed E-state index contributed by atoms with van der Waals surface area (Å²) in [6, 6.07) is 6.67. The Hall–Kier alpha value is -0.500. The number of unbranched alkanes of at least 4 members (excludes halogenated alkanes) is 11. The van der Waals surface area contributed by atoms with Crippen molar-refractivity contribution in [2.24, 2.45) is 11.8 Å². The predicted molar refractivity (Wildman–Crippen MR) is 229 cm³/mol. The van der Waals surface area contributed by atoms with E-state index in [-0.39, 0.29) is 5.54 Å². The lowest BCUT2D eigenvalue weighted by Crippen LogP contribution is -2.44. The van der Waals surface area contributed by atoms with Crippen LogP contribution in [0.5, 0.6) is 0 Å². The minimum atomic E-state index is -2.59. The molecule has 296 valence electrons. The Morgan fingerprint density at radius 2 is 1.33 bits per heavy atom. The predicted octanol–water partition coefficient (Wildman–Crippen LogP) is 14.1. The molecule has 0 saturated carbocycles. The smallest absolute Gasteiger partial charge is 0.248 e. The van der Waals surface area contributed by atoms with E-state index in [1.807, 2.05) is 0 Å². The SMILES string of the molecule is CCCCCCCCCCC(C)(C)N(CSP(=S)(OCC(CC)CCCC)OCC(CC)CCCCC)Cn1nnc2ccc(CCCC)cc21. The highest BCUT2D eigenvalue weighted by molar-refractivity contribution is 8.67. The Bertz CT molecular complexity index is 1210. The molecule has 0 aliphatic carbocycles. The first-order valence-corrected chi connectivity index (χ1v) is 25.5. The van der Waals surface area contributed by atoms with Gasteiger partial charge in [-0.25, -0.2) is 4.68 Å². The minimum Gasteiger partial charge on any atom is -0.321 e. The highest BCUT2D eigenvalue weighted by Gasteiger charge is 2.31. The van der Waals surface area contributed by atoms with E-state index in [2.05, 4.69) is 88.3 Å². The monoisotopic (exact) mass is 767 g/mol. The van der Waals surface area contributed by atoms with E-state index in [0.29, 0.717) is 31.7 Å². The van der Waals surface area contributed by atoms with Gasteiger partial charge in [-0.15, -0.1) is 5.10 Å². The minimum absolute atomic E-state index is 0.0490. The molecular formula is C42H79N4O2PS2. The number of aryl methyl sites for hydroxylation is 1. The van der Waals surface area contributed by atoms with Crippen molar-refractivity contribution in [3.05, 3.63) is 23.8 Å². The van der Waals surface area contributed by atoms with E-state index in [9.17, 15) is 0 Å². The number of rotatable bonds is 33. The van der Waals surface area contributed by atoms with Crippen LogP contribution in [0.3, 0.4) is 0 Å². The maximum atomic E-state index is 6.79. The molecule has 0 aliphatic rings. The van der Waals surface area contributed by atoms with Crippen molar-refractivity contribution in [1.29, 1.82) is 0 Å². The van der Waals surface area contributed by atoms with Crippen LogP contribution >= 0.6 is 17.1 Å². The maximum absolute atomic E-state index is 6.79. The molecule has 0 amide bonds. The molecule has 6 nitrogen and oxygen atoms in total. The zero-order valence-corrected chi connectivity index (χ0v) is 37.0. The molecule has 0 saturated heterocycles. The lowest BCUT2D eigenvalue weighted by Gasteiger charge is -2.39. The first-order chi connectivity index (χ1) is 24.6. The zero-order chi connectivity index (χ0) is 37.4. The van der Waals surface area contributed by atoms with Crippen molar-refractivity contribution in [2.75, 3.05) is 19.1 Å². The largest absolute Gasteiger partial charge is 0.321 e. The maximum Gasteiger partial charge on any atom is 0.248 e. The third-order valence-corrected chi connectivity index (χ3v) is 16.0. The second kappa shape index (κ2) is 27.1. The van der Waals surface area contributed by atoms with Crippen LogP contribution < -0.4 is 0 Å². The van der Waals surface area contributed by atoms with Gasteiger partial charge in [-0.2, -0.15) is 0 Å². The van der Waals surface area contributed by atoms with Crippen LogP contribution in [0.15, 0.2) is 18.2 Å². The number of hydrogen-bond acceptors (Lipinski definition) is 7. The van der Waals surface area contributed by atoms with Gasteiger partial charge in [0.15, 0.2) is 0 Å². The summed E-state index contributed by atoms with van der Waals surface area (Å²) in [4.78, 5) is 2.58. The van der Waals surface area contributed by atoms with E-state index in [0.717, 1.165) is 42.6 Å². The fourth-order valence-corrected chi connectivity index (χ4v) is 10.9. The molecule has 0 N–H and O–H groups in total. The van der Waals surface area contributed by atoms with Gasteiger partial charge in [-0.05, 0) is 87.3 Å². The molecule has 2 rings (SSSR count). The first-order valence-electron chi connectivity index (χ1n) is 21.3. The van der Waals surface area contributed by atoms with Gasteiger partial charge < -0.3 is 9.05 Å². The van der Waals surface area contributed by atoms with Gasteiger partial charge in [0.1, 0.15) is 5.52 Å². The van der Waals surface area contributed by atoms with Crippen LogP contribution in [-0.4, -0.2) is 44.5 Å². The Morgan fingerprint density at radius 1 is 0.765 bits per heavy atom. The number of fused-ring (bicyclic) bond motifs is 1. The van der Waals surface area contributed by atoms with Crippen LogP contribution in [0.1, 0.15) is 189 Å². The van der Waals surface area contributed by atoms with Crippen molar-refractivity contribution in [2.45, 2.75) is 202 Å². The van der Waals surface area contributed by atoms with Gasteiger partial charge in [0.2, 0.25) is 5.69 Å². The molecule has 0 bridgehead atoms. The average molecular weight is 767 g/mol. The molecule has 0 fully saturated rings. The van der Waals surface area contributed by atoms with Gasteiger partial charge >= 0.3 is 0 Å². The molecule has 0 aliphatic heterocycles. The van der Waals surface area contributed by atoms with Gasteiger partial charge in [-0.1, -0.05) is 167 Å². The Labute approximate surface area is 324 Å². The van der Waals surface area contributed by atoms with Crippen molar-refractivity contribution in [1.82, 2.24) is 19.9 Å². The van der Waals surface area contributed by atoms with Crippen molar-refractivity contribution in [3.8, 4) is 0 Å². The molecule has 3 atom stereocenters. The average Bonchev–Trinajstić information content (AvgIpc) is 3.53. The molecule has 3 unspecified atom stereocenters. The molecule has 9 heteroatoms. The van der Waals surface area contributed by atoms with E-state index >= 15 is 0 Å². The number of hydrogen-bond donors (Lipinski definition) is 0. The van der Waals surface area contributed by atoms with E-state index in [1.54, 1.807) is 11.4 Å². The molecule has 0 spiro atoms. The molecule has 51 heavy (non-hydrogen) atoms. The van der Waals surface area contributed by atoms with Gasteiger partial charge in [0.05, 0.1) is 31.3 Å². The number of benzene rings is 1. The van der Waals surface area contributed by atoms with Crippen molar-refractivity contribution < 1.29 is 9.05 Å². The third-order valence-electron chi connectivity index (χ3n) is 10.8. The van der Waals surface area contributed by atoms with E-state index < -0.39 is 5.69 Å².